The van der Waals surface area contributed by atoms with Crippen molar-refractivity contribution in [1.29, 1.82) is 0 Å². The maximum atomic E-state index is 11.2. The topological polar surface area (TPSA) is 139 Å². The largest absolute Gasteiger partial charge is 0.768 e. The van der Waals surface area contributed by atoms with Gasteiger partial charge in [-0.25, -0.2) is 8.42 Å². The summed E-state index contributed by atoms with van der Waals surface area (Å²) < 4.78 is 55.8. The Labute approximate surface area is 165 Å². The molecule has 0 saturated heterocycles. The fraction of sp³-hybridized carbons (Fsp3) is 0.111. The van der Waals surface area contributed by atoms with E-state index in [1.54, 1.807) is 0 Å². The molecular formula is C18H16N2O6S2-2. The van der Waals surface area contributed by atoms with Crippen molar-refractivity contribution in [3.63, 3.8) is 0 Å². The predicted molar refractivity (Wildman–Crippen MR) is 104 cm³/mol. The number of rotatable bonds is 7. The van der Waals surface area contributed by atoms with Gasteiger partial charge in [-0.2, -0.15) is 5.10 Å². The second-order valence-electron chi connectivity index (χ2n) is 5.81. The Morgan fingerprint density at radius 2 is 1.82 bits per heavy atom. The Balaban J connectivity index is 2.42. The second-order valence-corrected chi connectivity index (χ2v) is 8.13. The van der Waals surface area contributed by atoms with Crippen molar-refractivity contribution in [2.24, 2.45) is 5.10 Å². The number of hydrogen-bond acceptors (Lipinski definition) is 8. The van der Waals surface area contributed by atoms with Crippen LogP contribution in [0.25, 0.3) is 6.08 Å². The van der Waals surface area contributed by atoms with E-state index in [1.807, 2.05) is 32.0 Å². The second kappa shape index (κ2) is 9.02. The van der Waals surface area contributed by atoms with E-state index in [-0.39, 0.29) is 11.8 Å². The summed E-state index contributed by atoms with van der Waals surface area (Å²) in [4.78, 5) is 9.76. The number of allylic oxidation sites excluding steroid dienone is 1. The molecule has 0 radical (unpaired) electrons. The number of hydrazone groups is 1. The van der Waals surface area contributed by atoms with Crippen LogP contribution in [0.4, 0.5) is 5.69 Å². The van der Waals surface area contributed by atoms with Gasteiger partial charge in [-0.15, -0.1) is 0 Å². The lowest BCUT2D eigenvalue weighted by Crippen LogP contribution is -2.02. The average molecular weight is 420 g/mol. The molecule has 28 heavy (non-hydrogen) atoms. The molecule has 0 aromatic heterocycles. The normalized spacial score (nSPS) is 13.5. The first kappa shape index (κ1) is 21.6. The Kier molecular flexibility index (Phi) is 6.97. The lowest BCUT2D eigenvalue weighted by atomic mass is 10.1. The zero-order chi connectivity index (χ0) is 20.9. The first-order valence-electron chi connectivity index (χ1n) is 7.84. The fourth-order valence-corrected chi connectivity index (χ4v) is 3.02. The number of hydrogen-bond donors (Lipinski definition) is 1. The van der Waals surface area contributed by atoms with Gasteiger partial charge in [-0.05, 0) is 72.0 Å². The van der Waals surface area contributed by atoms with Gasteiger partial charge in [0.2, 0.25) is 0 Å². The Hall–Kier alpha value is -2.66. The molecule has 0 bridgehead atoms. The highest BCUT2D eigenvalue weighted by molar-refractivity contribution is 7.85. The fourth-order valence-electron chi connectivity index (χ4n) is 2.21. The molecule has 1 atom stereocenters. The Morgan fingerprint density at radius 1 is 1.11 bits per heavy atom. The van der Waals surface area contributed by atoms with E-state index in [2.05, 4.69) is 10.5 Å². The van der Waals surface area contributed by atoms with Crippen molar-refractivity contribution in [3.05, 3.63) is 63.6 Å². The van der Waals surface area contributed by atoms with Gasteiger partial charge in [0, 0.05) is 5.56 Å². The lowest BCUT2D eigenvalue weighted by Gasteiger charge is -2.11. The van der Waals surface area contributed by atoms with E-state index in [4.69, 9.17) is 0 Å². The molecule has 2 aromatic rings. The molecule has 0 aliphatic rings. The summed E-state index contributed by atoms with van der Waals surface area (Å²) in [6.07, 6.45) is 2.39. The minimum Gasteiger partial charge on any atom is -0.768 e. The summed E-state index contributed by atoms with van der Waals surface area (Å²) in [5, 5.41) is 4.04. The van der Waals surface area contributed by atoms with Crippen LogP contribution in [0.3, 0.4) is 0 Å². The molecule has 2 aromatic carbocycles. The molecule has 0 aliphatic carbocycles. The van der Waals surface area contributed by atoms with Crippen molar-refractivity contribution in [2.75, 3.05) is 5.43 Å². The molecule has 1 unspecified atom stereocenters. The molecule has 2 rings (SSSR count). The third kappa shape index (κ3) is 5.67. The minimum atomic E-state index is -4.76. The van der Waals surface area contributed by atoms with Crippen molar-refractivity contribution < 1.29 is 26.5 Å². The van der Waals surface area contributed by atoms with E-state index in [9.17, 15) is 26.5 Å². The van der Waals surface area contributed by atoms with Crippen molar-refractivity contribution in [2.45, 2.75) is 18.7 Å². The Bertz CT molecular complexity index is 1090. The molecule has 0 fully saturated rings. The van der Waals surface area contributed by atoms with Gasteiger partial charge in [0.05, 0.1) is 21.7 Å². The maximum Gasteiger partial charge on any atom is 0.157 e. The van der Waals surface area contributed by atoms with Crippen LogP contribution in [-0.4, -0.2) is 34.2 Å². The lowest BCUT2D eigenvalue weighted by molar-refractivity contribution is -0.104. The van der Waals surface area contributed by atoms with Crippen LogP contribution in [0.1, 0.15) is 22.3 Å². The first-order valence-corrected chi connectivity index (χ1v) is 10.3. The van der Waals surface area contributed by atoms with Gasteiger partial charge in [0.25, 0.3) is 0 Å². The zero-order valence-corrected chi connectivity index (χ0v) is 16.5. The summed E-state index contributed by atoms with van der Waals surface area (Å²) in [6.45, 7) is 3.91. The number of aldehydes is 1. The van der Waals surface area contributed by atoms with Gasteiger partial charge >= 0.3 is 0 Å². The van der Waals surface area contributed by atoms with Crippen molar-refractivity contribution in [1.82, 2.24) is 0 Å². The number of aryl methyl sites for hydroxylation is 2. The predicted octanol–water partition coefficient (Wildman–Crippen LogP) is 2.07. The van der Waals surface area contributed by atoms with E-state index in [0.717, 1.165) is 29.3 Å². The first-order chi connectivity index (χ1) is 13.1. The van der Waals surface area contributed by atoms with Crippen LogP contribution in [0.5, 0.6) is 0 Å². The molecule has 0 amide bonds. The van der Waals surface area contributed by atoms with Gasteiger partial charge in [-0.3, -0.25) is 14.4 Å². The van der Waals surface area contributed by atoms with E-state index < -0.39 is 31.0 Å². The van der Waals surface area contributed by atoms with Gasteiger partial charge in [0.15, 0.2) is 6.29 Å². The van der Waals surface area contributed by atoms with Crippen LogP contribution < -0.4 is 5.43 Å². The highest BCUT2D eigenvalue weighted by Gasteiger charge is 2.07. The van der Waals surface area contributed by atoms with Gasteiger partial charge < -0.3 is 9.11 Å². The number of carbonyl (C=O) groups excluding carboxylic acids is 1. The van der Waals surface area contributed by atoms with E-state index >= 15 is 0 Å². The van der Waals surface area contributed by atoms with Crippen LogP contribution in [0, 0.1) is 13.8 Å². The maximum absolute atomic E-state index is 11.2. The van der Waals surface area contributed by atoms with Gasteiger partial charge in [-0.1, -0.05) is 12.1 Å². The number of benzene rings is 2. The summed E-state index contributed by atoms with van der Waals surface area (Å²) in [5.74, 6) is 0. The molecule has 0 aliphatic heterocycles. The minimum absolute atomic E-state index is 0.0360. The van der Waals surface area contributed by atoms with Crippen LogP contribution in [0.2, 0.25) is 0 Å². The summed E-state index contributed by atoms with van der Waals surface area (Å²) in [7, 11) is -4.76. The van der Waals surface area contributed by atoms with Crippen molar-refractivity contribution >= 4 is 45.5 Å². The quantitative estimate of drug-likeness (QED) is 0.181. The molecule has 1 N–H and O–H groups in total. The van der Waals surface area contributed by atoms with Gasteiger partial charge in [0.1, 0.15) is 10.1 Å². The number of nitrogens with one attached hydrogen (secondary N) is 1. The molecule has 10 heteroatoms. The third-order valence-electron chi connectivity index (χ3n) is 3.86. The number of nitrogens with zero attached hydrogens (tertiary/aromatic N) is 1. The van der Waals surface area contributed by atoms with Crippen LogP contribution in [-0.2, 0) is 26.0 Å². The van der Waals surface area contributed by atoms with Crippen molar-refractivity contribution in [3.8, 4) is 0 Å². The summed E-state index contributed by atoms with van der Waals surface area (Å²) in [5.41, 5.74) is 6.02. The van der Waals surface area contributed by atoms with Crippen LogP contribution >= 0.6 is 0 Å². The molecule has 0 spiro atoms. The van der Waals surface area contributed by atoms with E-state index in [0.29, 0.717) is 11.3 Å². The number of anilines is 1. The zero-order valence-electron chi connectivity index (χ0n) is 14.9. The summed E-state index contributed by atoms with van der Waals surface area (Å²) >= 11 is -2.82. The van der Waals surface area contributed by atoms with Crippen LogP contribution in [0.15, 0.2) is 51.3 Å². The Morgan fingerprint density at radius 3 is 2.39 bits per heavy atom. The molecule has 148 valence electrons. The molecule has 0 heterocycles. The standard InChI is InChI=1S/C18H18N2O6S2/c1-12-3-5-16(7-13(12)2)20-19-10-14-4-6-18(28(24,25)26)9-15(14)8-17(11-21)27(22)23/h3-11,20H,1-2H3,(H,22,23)(H,24,25,26)/p-2/b17-8+,19-10+. The molecule has 8 nitrogen and oxygen atoms in total. The average Bonchev–Trinajstić information content (AvgIpc) is 2.62. The van der Waals surface area contributed by atoms with E-state index in [1.165, 1.54) is 12.3 Å². The highest BCUT2D eigenvalue weighted by atomic mass is 32.2. The SMILES string of the molecule is Cc1ccc(N/N=C/c2ccc(S(=O)(=O)[O-])cc2/C=C(\C=O)S(=O)[O-])cc1C. The molecular weight excluding hydrogens is 404 g/mol. The summed E-state index contributed by atoms with van der Waals surface area (Å²) in [6, 6.07) is 8.96. The highest BCUT2D eigenvalue weighted by Crippen LogP contribution is 2.19. The third-order valence-corrected chi connectivity index (χ3v) is 5.29. The smallest absolute Gasteiger partial charge is 0.157 e. The molecule has 0 saturated carbocycles. The number of carbonyl (C=O) groups is 1. The monoisotopic (exact) mass is 420 g/mol.